The summed E-state index contributed by atoms with van der Waals surface area (Å²) >= 11 is 0. The summed E-state index contributed by atoms with van der Waals surface area (Å²) < 4.78 is 31.6. The molecule has 1 unspecified atom stereocenters. The molecule has 0 aromatic heterocycles. The summed E-state index contributed by atoms with van der Waals surface area (Å²) in [4.78, 5) is 0.267. The van der Waals surface area contributed by atoms with E-state index in [1.54, 1.807) is 24.3 Å². The molecule has 1 saturated heterocycles. The summed E-state index contributed by atoms with van der Waals surface area (Å²) in [6.07, 6.45) is 0.205. The predicted octanol–water partition coefficient (Wildman–Crippen LogP) is 1.16. The summed E-state index contributed by atoms with van der Waals surface area (Å²) in [5, 5.41) is 8.59. The van der Waals surface area contributed by atoms with Gasteiger partial charge in [0, 0.05) is 13.1 Å². The first-order valence-electron chi connectivity index (χ1n) is 6.11. The topological polar surface area (TPSA) is 70.4 Å². The molecular weight excluding hydrogens is 264 g/mol. The molecule has 0 amide bonds. The zero-order valence-corrected chi connectivity index (χ0v) is 11.6. The van der Waals surface area contributed by atoms with E-state index in [-0.39, 0.29) is 17.4 Å². The van der Waals surface area contributed by atoms with Crippen LogP contribution < -0.4 is 0 Å². The van der Waals surface area contributed by atoms with Gasteiger partial charge in [-0.3, -0.25) is 0 Å². The van der Waals surface area contributed by atoms with Crippen molar-refractivity contribution in [1.82, 2.24) is 4.31 Å². The number of hydrogen-bond donors (Lipinski definition) is 0. The highest BCUT2D eigenvalue weighted by Crippen LogP contribution is 2.19. The highest BCUT2D eigenvalue weighted by molar-refractivity contribution is 7.89. The fraction of sp³-hybridized carbons (Fsp3) is 0.462. The molecule has 102 valence electrons. The minimum absolute atomic E-state index is 0.0820. The molecule has 1 atom stereocenters. The second-order valence-electron chi connectivity index (χ2n) is 4.52. The van der Waals surface area contributed by atoms with Crippen molar-refractivity contribution in [3.63, 3.8) is 0 Å². The van der Waals surface area contributed by atoms with E-state index in [0.29, 0.717) is 19.7 Å². The van der Waals surface area contributed by atoms with Crippen LogP contribution in [0.25, 0.3) is 0 Å². The summed E-state index contributed by atoms with van der Waals surface area (Å²) in [6, 6.07) is 8.51. The van der Waals surface area contributed by atoms with E-state index >= 15 is 0 Å². The predicted molar refractivity (Wildman–Crippen MR) is 69.9 cm³/mol. The van der Waals surface area contributed by atoms with Crippen LogP contribution in [0, 0.1) is 11.3 Å². The van der Waals surface area contributed by atoms with E-state index in [9.17, 15) is 8.42 Å². The van der Waals surface area contributed by atoms with Crippen LogP contribution in [0.1, 0.15) is 12.5 Å². The Morgan fingerprint density at radius 2 is 2.11 bits per heavy atom. The average Bonchev–Trinajstić information content (AvgIpc) is 2.40. The zero-order valence-electron chi connectivity index (χ0n) is 10.7. The Bertz CT molecular complexity index is 575. The Kier molecular flexibility index (Phi) is 4.20. The molecule has 2 rings (SSSR count). The molecule has 0 bridgehead atoms. The number of benzene rings is 1. The van der Waals surface area contributed by atoms with Crippen LogP contribution in [0.5, 0.6) is 0 Å². The number of nitrogens with zero attached hydrogens (tertiary/aromatic N) is 2. The van der Waals surface area contributed by atoms with Crippen molar-refractivity contribution < 1.29 is 13.2 Å². The van der Waals surface area contributed by atoms with Crippen LogP contribution in [0.15, 0.2) is 29.2 Å². The number of ether oxygens (including phenoxy) is 1. The molecule has 19 heavy (non-hydrogen) atoms. The summed E-state index contributed by atoms with van der Waals surface area (Å²) in [5.41, 5.74) is 0.816. The largest absolute Gasteiger partial charge is 0.376 e. The summed E-state index contributed by atoms with van der Waals surface area (Å²) in [5.74, 6) is 0. The molecule has 1 aliphatic heterocycles. The quantitative estimate of drug-likeness (QED) is 0.833. The number of morpholine rings is 1. The zero-order chi connectivity index (χ0) is 13.9. The van der Waals surface area contributed by atoms with E-state index in [4.69, 9.17) is 10.00 Å². The van der Waals surface area contributed by atoms with Crippen LogP contribution in [-0.2, 0) is 21.2 Å². The van der Waals surface area contributed by atoms with Gasteiger partial charge in [-0.15, -0.1) is 0 Å². The monoisotopic (exact) mass is 280 g/mol. The Morgan fingerprint density at radius 1 is 1.42 bits per heavy atom. The smallest absolute Gasteiger partial charge is 0.243 e. The lowest BCUT2D eigenvalue weighted by Crippen LogP contribution is -2.44. The SMILES string of the molecule is CC1CN(S(=O)(=O)c2ccc(CC#N)cc2)CCO1. The first kappa shape index (κ1) is 14.0. The number of sulfonamides is 1. The van der Waals surface area contributed by atoms with Gasteiger partial charge >= 0.3 is 0 Å². The molecule has 0 spiro atoms. The fourth-order valence-corrected chi connectivity index (χ4v) is 3.52. The van der Waals surface area contributed by atoms with Crippen molar-refractivity contribution in [1.29, 1.82) is 5.26 Å². The Hall–Kier alpha value is -1.42. The van der Waals surface area contributed by atoms with E-state index < -0.39 is 10.0 Å². The van der Waals surface area contributed by atoms with Crippen molar-refractivity contribution in [2.75, 3.05) is 19.7 Å². The van der Waals surface area contributed by atoms with Crippen molar-refractivity contribution in [3.8, 4) is 6.07 Å². The van der Waals surface area contributed by atoms with Crippen LogP contribution in [0.4, 0.5) is 0 Å². The van der Waals surface area contributed by atoms with Crippen molar-refractivity contribution in [2.45, 2.75) is 24.3 Å². The maximum Gasteiger partial charge on any atom is 0.243 e. The summed E-state index contributed by atoms with van der Waals surface area (Å²) in [7, 11) is -3.46. The van der Waals surface area contributed by atoms with Crippen molar-refractivity contribution in [3.05, 3.63) is 29.8 Å². The normalized spacial score (nSPS) is 20.9. The third-order valence-electron chi connectivity index (χ3n) is 3.05. The van der Waals surface area contributed by atoms with Gasteiger partial charge in [-0.05, 0) is 24.6 Å². The second kappa shape index (κ2) is 5.70. The molecular formula is C13H16N2O3S. The molecule has 0 aliphatic carbocycles. The minimum Gasteiger partial charge on any atom is -0.376 e. The highest BCUT2D eigenvalue weighted by atomic mass is 32.2. The van der Waals surface area contributed by atoms with Gasteiger partial charge in [-0.1, -0.05) is 12.1 Å². The maximum atomic E-state index is 12.4. The Balaban J connectivity index is 2.21. The molecule has 1 aromatic carbocycles. The van der Waals surface area contributed by atoms with Crippen LogP contribution in [0.3, 0.4) is 0 Å². The standard InChI is InChI=1S/C13H16N2O3S/c1-11-10-15(8-9-18-11)19(16,17)13-4-2-12(3-5-13)6-7-14/h2-5,11H,6,8-10H2,1H3. The molecule has 1 heterocycles. The second-order valence-corrected chi connectivity index (χ2v) is 6.46. The van der Waals surface area contributed by atoms with Crippen LogP contribution >= 0.6 is 0 Å². The minimum atomic E-state index is -3.46. The van der Waals surface area contributed by atoms with E-state index in [1.165, 1.54) is 4.31 Å². The lowest BCUT2D eigenvalue weighted by Gasteiger charge is -2.30. The molecule has 6 heteroatoms. The molecule has 1 aromatic rings. The Labute approximate surface area is 113 Å². The highest BCUT2D eigenvalue weighted by Gasteiger charge is 2.28. The van der Waals surface area contributed by atoms with Gasteiger partial charge in [0.2, 0.25) is 10.0 Å². The van der Waals surface area contributed by atoms with Crippen LogP contribution in [0.2, 0.25) is 0 Å². The maximum absolute atomic E-state index is 12.4. The third kappa shape index (κ3) is 3.13. The van der Waals surface area contributed by atoms with Crippen molar-refractivity contribution in [2.24, 2.45) is 0 Å². The van der Waals surface area contributed by atoms with Gasteiger partial charge < -0.3 is 4.74 Å². The summed E-state index contributed by atoms with van der Waals surface area (Å²) in [6.45, 7) is 3.04. The van der Waals surface area contributed by atoms with Crippen LogP contribution in [-0.4, -0.2) is 38.5 Å². The van der Waals surface area contributed by atoms with Gasteiger partial charge in [0.25, 0.3) is 0 Å². The third-order valence-corrected chi connectivity index (χ3v) is 4.93. The van der Waals surface area contributed by atoms with Gasteiger partial charge in [0.05, 0.1) is 30.1 Å². The van der Waals surface area contributed by atoms with Gasteiger partial charge in [-0.2, -0.15) is 9.57 Å². The van der Waals surface area contributed by atoms with Gasteiger partial charge in [-0.25, -0.2) is 8.42 Å². The van der Waals surface area contributed by atoms with E-state index in [1.807, 2.05) is 13.0 Å². The van der Waals surface area contributed by atoms with E-state index in [0.717, 1.165) is 5.56 Å². The number of hydrogen-bond acceptors (Lipinski definition) is 4. The first-order chi connectivity index (χ1) is 9.04. The molecule has 0 N–H and O–H groups in total. The first-order valence-corrected chi connectivity index (χ1v) is 7.55. The molecule has 0 saturated carbocycles. The average molecular weight is 280 g/mol. The number of nitriles is 1. The molecule has 5 nitrogen and oxygen atoms in total. The van der Waals surface area contributed by atoms with Gasteiger partial charge in [0.15, 0.2) is 0 Å². The lowest BCUT2D eigenvalue weighted by molar-refractivity contribution is 0.0102. The van der Waals surface area contributed by atoms with Gasteiger partial charge in [0.1, 0.15) is 0 Å². The lowest BCUT2D eigenvalue weighted by atomic mass is 10.2. The molecule has 1 fully saturated rings. The Morgan fingerprint density at radius 3 is 2.68 bits per heavy atom. The molecule has 0 radical (unpaired) electrons. The van der Waals surface area contributed by atoms with Crippen molar-refractivity contribution >= 4 is 10.0 Å². The fourth-order valence-electron chi connectivity index (χ4n) is 2.02. The molecule has 1 aliphatic rings. The van der Waals surface area contributed by atoms with E-state index in [2.05, 4.69) is 0 Å². The number of rotatable bonds is 3.